The molecule has 4 fully saturated rings. The van der Waals surface area contributed by atoms with Crippen molar-refractivity contribution in [3.63, 3.8) is 0 Å². The fraction of sp³-hybridized carbons (Fsp3) is 1.00. The molecule has 4 rings (SSSR count). The van der Waals surface area contributed by atoms with Crippen LogP contribution >= 0.6 is 0 Å². The molecule has 0 amide bonds. The van der Waals surface area contributed by atoms with E-state index in [1.54, 1.807) is 0 Å². The average molecular weight is 324 g/mol. The van der Waals surface area contributed by atoms with E-state index in [1.807, 2.05) is 0 Å². The Morgan fingerprint density at radius 1 is 0.818 bits per heavy atom. The summed E-state index contributed by atoms with van der Waals surface area (Å²) in [5.41, 5.74) is 0.613. The van der Waals surface area contributed by atoms with Crippen LogP contribution in [0.4, 0.5) is 0 Å². The fourth-order valence-corrected chi connectivity index (χ4v) is 7.69. The number of rotatable bonds is 10. The summed E-state index contributed by atoms with van der Waals surface area (Å²) in [6.07, 6.45) is 13.9. The van der Waals surface area contributed by atoms with Crippen molar-refractivity contribution in [2.24, 2.45) is 23.2 Å². The Labute approximate surface area is 139 Å². The van der Waals surface area contributed by atoms with E-state index in [2.05, 4.69) is 13.8 Å². The van der Waals surface area contributed by atoms with Gasteiger partial charge in [0, 0.05) is 13.2 Å². The summed E-state index contributed by atoms with van der Waals surface area (Å²) in [5.74, 6) is 3.13. The summed E-state index contributed by atoms with van der Waals surface area (Å²) in [6, 6.07) is 1.27. The Morgan fingerprint density at radius 2 is 1.27 bits per heavy atom. The molecule has 0 unspecified atom stereocenters. The van der Waals surface area contributed by atoms with Gasteiger partial charge in [-0.05, 0) is 80.6 Å². The van der Waals surface area contributed by atoms with Gasteiger partial charge < -0.3 is 8.85 Å². The smallest absolute Gasteiger partial charge is 0.385 e. The first kappa shape index (κ1) is 17.0. The predicted molar refractivity (Wildman–Crippen MR) is 92.9 cm³/mol. The fourth-order valence-electron chi connectivity index (χ4n) is 5.62. The van der Waals surface area contributed by atoms with Crippen LogP contribution in [0.15, 0.2) is 0 Å². The van der Waals surface area contributed by atoms with Gasteiger partial charge in [0.1, 0.15) is 0 Å². The molecule has 2 nitrogen and oxygen atoms in total. The monoisotopic (exact) mass is 323 g/mol. The zero-order valence-corrected chi connectivity index (χ0v) is 15.7. The highest BCUT2D eigenvalue weighted by molar-refractivity contribution is 6.44. The first-order valence-electron chi connectivity index (χ1n) is 9.84. The number of unbranched alkanes of at least 4 members (excludes halogenated alkanes) is 2. The molecule has 4 aliphatic carbocycles. The lowest BCUT2D eigenvalue weighted by Gasteiger charge is -2.57. The summed E-state index contributed by atoms with van der Waals surface area (Å²) in [6.45, 7) is 6.33. The molecule has 127 valence electrons. The number of hydrogen-bond acceptors (Lipinski definition) is 2. The molecule has 0 atom stereocenters. The molecule has 1 radical (unpaired) electrons. The van der Waals surface area contributed by atoms with Crippen LogP contribution in [0.3, 0.4) is 0 Å². The third kappa shape index (κ3) is 4.15. The van der Waals surface area contributed by atoms with E-state index in [9.17, 15) is 0 Å². The molecule has 0 aromatic carbocycles. The molecule has 0 saturated heterocycles. The van der Waals surface area contributed by atoms with Gasteiger partial charge in [-0.15, -0.1) is 0 Å². The summed E-state index contributed by atoms with van der Waals surface area (Å²) in [4.78, 5) is 0. The summed E-state index contributed by atoms with van der Waals surface area (Å²) < 4.78 is 12.5. The first-order valence-corrected chi connectivity index (χ1v) is 11.4. The Hall–Kier alpha value is 0.137. The van der Waals surface area contributed by atoms with E-state index >= 15 is 0 Å². The van der Waals surface area contributed by atoms with Crippen LogP contribution in [0.1, 0.15) is 78.1 Å². The lowest BCUT2D eigenvalue weighted by molar-refractivity contribution is -0.0455. The Morgan fingerprint density at radius 3 is 1.68 bits per heavy atom. The van der Waals surface area contributed by atoms with Gasteiger partial charge in [-0.3, -0.25) is 0 Å². The van der Waals surface area contributed by atoms with Crippen LogP contribution in [0.2, 0.25) is 6.04 Å². The molecule has 0 spiro atoms. The molecule has 3 heteroatoms. The van der Waals surface area contributed by atoms with E-state index in [4.69, 9.17) is 8.85 Å². The van der Waals surface area contributed by atoms with Gasteiger partial charge in [0.05, 0.1) is 0 Å². The molecule has 0 N–H and O–H groups in total. The lowest BCUT2D eigenvalue weighted by atomic mass is 9.50. The highest BCUT2D eigenvalue weighted by Crippen LogP contribution is 2.61. The molecule has 4 bridgehead atoms. The summed E-state index contributed by atoms with van der Waals surface area (Å²) in [7, 11) is -1.05. The molecular formula is C19H35O2Si. The van der Waals surface area contributed by atoms with Crippen molar-refractivity contribution in [1.82, 2.24) is 0 Å². The predicted octanol–water partition coefficient (Wildman–Crippen LogP) is 5.32. The molecule has 0 aromatic rings. The SMILES string of the molecule is CCCCO[Si](CC12CC3CC(CC(C3)C1)C2)OCCCC. The molecule has 0 heterocycles. The molecule has 0 aromatic heterocycles. The van der Waals surface area contributed by atoms with E-state index in [-0.39, 0.29) is 0 Å². The van der Waals surface area contributed by atoms with Crippen molar-refractivity contribution in [3.05, 3.63) is 0 Å². The van der Waals surface area contributed by atoms with Crippen LogP contribution < -0.4 is 0 Å². The van der Waals surface area contributed by atoms with Crippen LogP contribution in [0.5, 0.6) is 0 Å². The minimum Gasteiger partial charge on any atom is -0.393 e. The molecule has 22 heavy (non-hydrogen) atoms. The maximum Gasteiger partial charge on any atom is 0.385 e. The highest BCUT2D eigenvalue weighted by atomic mass is 28.3. The second-order valence-corrected chi connectivity index (χ2v) is 10.0. The van der Waals surface area contributed by atoms with Crippen LogP contribution in [0.25, 0.3) is 0 Å². The molecule has 4 aliphatic rings. The van der Waals surface area contributed by atoms with Crippen molar-refractivity contribution in [3.8, 4) is 0 Å². The van der Waals surface area contributed by atoms with Gasteiger partial charge in [0.2, 0.25) is 0 Å². The zero-order valence-electron chi connectivity index (χ0n) is 14.7. The maximum atomic E-state index is 6.25. The molecule has 0 aliphatic heterocycles. The van der Waals surface area contributed by atoms with Gasteiger partial charge >= 0.3 is 9.28 Å². The van der Waals surface area contributed by atoms with E-state index < -0.39 is 9.28 Å². The van der Waals surface area contributed by atoms with Crippen molar-refractivity contribution >= 4 is 9.28 Å². The topological polar surface area (TPSA) is 18.5 Å². The normalized spacial score (nSPS) is 36.4. The van der Waals surface area contributed by atoms with E-state index in [0.717, 1.165) is 31.0 Å². The lowest BCUT2D eigenvalue weighted by Crippen LogP contribution is -2.48. The van der Waals surface area contributed by atoms with Gasteiger partial charge in [-0.25, -0.2) is 0 Å². The minimum atomic E-state index is -1.05. The second-order valence-electron chi connectivity index (χ2n) is 8.37. The van der Waals surface area contributed by atoms with Crippen molar-refractivity contribution in [2.45, 2.75) is 84.1 Å². The maximum absolute atomic E-state index is 6.25. The van der Waals surface area contributed by atoms with Crippen molar-refractivity contribution < 1.29 is 8.85 Å². The van der Waals surface area contributed by atoms with Gasteiger partial charge in [0.15, 0.2) is 0 Å². The zero-order chi connectivity index (χ0) is 15.4. The standard InChI is InChI=1S/C19H35O2Si/c1-3-5-7-20-22(21-8-6-4-2)15-19-12-16-9-17(13-19)11-18(10-16)14-19/h16-18H,3-15H2,1-2H3. The van der Waals surface area contributed by atoms with Gasteiger partial charge in [-0.2, -0.15) is 0 Å². The average Bonchev–Trinajstić information content (AvgIpc) is 2.45. The Balaban J connectivity index is 1.56. The van der Waals surface area contributed by atoms with Gasteiger partial charge in [-0.1, -0.05) is 26.7 Å². The van der Waals surface area contributed by atoms with E-state index in [0.29, 0.717) is 5.41 Å². The van der Waals surface area contributed by atoms with E-state index in [1.165, 1.54) is 70.3 Å². The Kier molecular flexibility index (Phi) is 6.02. The second kappa shape index (κ2) is 7.81. The van der Waals surface area contributed by atoms with Crippen LogP contribution in [-0.4, -0.2) is 22.5 Å². The van der Waals surface area contributed by atoms with Crippen molar-refractivity contribution in [2.75, 3.05) is 13.2 Å². The molecular weight excluding hydrogens is 288 g/mol. The third-order valence-electron chi connectivity index (χ3n) is 6.21. The van der Waals surface area contributed by atoms with Crippen LogP contribution in [0, 0.1) is 23.2 Å². The first-order chi connectivity index (χ1) is 10.7. The van der Waals surface area contributed by atoms with Crippen molar-refractivity contribution in [1.29, 1.82) is 0 Å². The summed E-state index contributed by atoms with van der Waals surface area (Å²) in [5, 5.41) is 0. The van der Waals surface area contributed by atoms with Crippen LogP contribution in [-0.2, 0) is 8.85 Å². The molecule has 4 saturated carbocycles. The highest BCUT2D eigenvalue weighted by Gasteiger charge is 2.52. The Bertz CT molecular complexity index is 299. The largest absolute Gasteiger partial charge is 0.393 e. The third-order valence-corrected chi connectivity index (χ3v) is 8.30. The minimum absolute atomic E-state index is 0.613. The quantitative estimate of drug-likeness (QED) is 0.400. The number of hydrogen-bond donors (Lipinski definition) is 0. The van der Waals surface area contributed by atoms with Gasteiger partial charge in [0.25, 0.3) is 0 Å². The summed E-state index contributed by atoms with van der Waals surface area (Å²) >= 11 is 0.